The average Bonchev–Trinajstić information content (AvgIpc) is 2.54. The standard InChI is InChI=1S/C17H18Cl2INO2/c1-3-6-23-17-15(20)7-11(8-16(17)22-2)10-21-12-4-5-13(18)14(19)9-12/h4-5,7-9,21H,3,6,10H2,1-2H3. The molecule has 0 radical (unpaired) electrons. The van der Waals surface area contributed by atoms with Crippen LogP contribution in [-0.4, -0.2) is 13.7 Å². The maximum atomic E-state index is 6.03. The molecule has 23 heavy (non-hydrogen) atoms. The molecule has 0 aliphatic rings. The summed E-state index contributed by atoms with van der Waals surface area (Å²) in [6, 6.07) is 9.55. The van der Waals surface area contributed by atoms with Crippen molar-refractivity contribution < 1.29 is 9.47 Å². The van der Waals surface area contributed by atoms with Crippen LogP contribution in [0.15, 0.2) is 30.3 Å². The van der Waals surface area contributed by atoms with Crippen molar-refractivity contribution in [1.82, 2.24) is 0 Å². The van der Waals surface area contributed by atoms with E-state index < -0.39 is 0 Å². The molecule has 0 aromatic heterocycles. The second-order valence-electron chi connectivity index (χ2n) is 4.94. The summed E-state index contributed by atoms with van der Waals surface area (Å²) < 4.78 is 12.3. The number of hydrogen-bond donors (Lipinski definition) is 1. The third-order valence-electron chi connectivity index (χ3n) is 3.16. The first-order valence-corrected chi connectivity index (χ1v) is 9.06. The highest BCUT2D eigenvalue weighted by atomic mass is 127. The van der Waals surface area contributed by atoms with Crippen molar-refractivity contribution in [2.45, 2.75) is 19.9 Å². The van der Waals surface area contributed by atoms with Gasteiger partial charge < -0.3 is 14.8 Å². The predicted molar refractivity (Wildman–Crippen MR) is 105 cm³/mol. The SMILES string of the molecule is CCCOc1c(I)cc(CNc2ccc(Cl)c(Cl)c2)cc1OC. The molecule has 0 spiro atoms. The van der Waals surface area contributed by atoms with E-state index >= 15 is 0 Å². The first kappa shape index (κ1) is 18.5. The van der Waals surface area contributed by atoms with E-state index in [0.717, 1.165) is 32.7 Å². The molecule has 0 saturated heterocycles. The fourth-order valence-electron chi connectivity index (χ4n) is 2.03. The van der Waals surface area contributed by atoms with E-state index in [4.69, 9.17) is 32.7 Å². The summed E-state index contributed by atoms with van der Waals surface area (Å²) >= 11 is 14.2. The van der Waals surface area contributed by atoms with Gasteiger partial charge in [0.05, 0.1) is 27.3 Å². The third kappa shape index (κ3) is 5.06. The van der Waals surface area contributed by atoms with Crippen LogP contribution in [0, 0.1) is 3.57 Å². The van der Waals surface area contributed by atoms with E-state index in [1.165, 1.54) is 0 Å². The minimum atomic E-state index is 0.534. The Morgan fingerprint density at radius 3 is 2.57 bits per heavy atom. The van der Waals surface area contributed by atoms with Crippen LogP contribution in [0.2, 0.25) is 10.0 Å². The first-order chi connectivity index (χ1) is 11.0. The van der Waals surface area contributed by atoms with Crippen LogP contribution >= 0.6 is 45.8 Å². The molecular formula is C17H18Cl2INO2. The molecule has 0 bridgehead atoms. The summed E-state index contributed by atoms with van der Waals surface area (Å²) in [6.45, 7) is 3.40. The van der Waals surface area contributed by atoms with Crippen LogP contribution in [0.25, 0.3) is 0 Å². The third-order valence-corrected chi connectivity index (χ3v) is 4.70. The molecule has 1 N–H and O–H groups in total. The Bertz CT molecular complexity index is 680. The molecule has 124 valence electrons. The number of halogens is 3. The number of hydrogen-bond acceptors (Lipinski definition) is 3. The summed E-state index contributed by atoms with van der Waals surface area (Å²) in [7, 11) is 1.65. The van der Waals surface area contributed by atoms with Gasteiger partial charge in [0, 0.05) is 12.2 Å². The Labute approximate surface area is 160 Å². The lowest BCUT2D eigenvalue weighted by molar-refractivity contribution is 0.292. The Morgan fingerprint density at radius 1 is 1.13 bits per heavy atom. The van der Waals surface area contributed by atoms with Crippen LogP contribution in [-0.2, 0) is 6.54 Å². The van der Waals surface area contributed by atoms with Crippen LogP contribution in [0.4, 0.5) is 5.69 Å². The lowest BCUT2D eigenvalue weighted by atomic mass is 10.2. The highest BCUT2D eigenvalue weighted by molar-refractivity contribution is 14.1. The van der Waals surface area contributed by atoms with E-state index in [2.05, 4.69) is 40.9 Å². The van der Waals surface area contributed by atoms with Gasteiger partial charge in [0.15, 0.2) is 11.5 Å². The van der Waals surface area contributed by atoms with E-state index in [9.17, 15) is 0 Å². The average molecular weight is 466 g/mol. The molecule has 2 rings (SSSR count). The number of ether oxygens (including phenoxy) is 2. The molecule has 2 aromatic rings. The minimum Gasteiger partial charge on any atom is -0.493 e. The van der Waals surface area contributed by atoms with E-state index in [1.54, 1.807) is 13.2 Å². The maximum absolute atomic E-state index is 6.03. The topological polar surface area (TPSA) is 30.5 Å². The normalized spacial score (nSPS) is 10.5. The molecule has 0 amide bonds. The van der Waals surface area contributed by atoms with E-state index in [1.807, 2.05) is 18.2 Å². The van der Waals surface area contributed by atoms with Gasteiger partial charge in [-0.15, -0.1) is 0 Å². The molecule has 0 fully saturated rings. The molecule has 2 aromatic carbocycles. The summed E-state index contributed by atoms with van der Waals surface area (Å²) in [5.41, 5.74) is 2.01. The second-order valence-corrected chi connectivity index (χ2v) is 6.92. The lowest BCUT2D eigenvalue weighted by Gasteiger charge is -2.15. The molecule has 0 heterocycles. The van der Waals surface area contributed by atoms with Gasteiger partial charge in [-0.2, -0.15) is 0 Å². The van der Waals surface area contributed by atoms with Crippen molar-refractivity contribution in [1.29, 1.82) is 0 Å². The first-order valence-electron chi connectivity index (χ1n) is 7.23. The molecular weight excluding hydrogens is 448 g/mol. The van der Waals surface area contributed by atoms with Gasteiger partial charge in [0.2, 0.25) is 0 Å². The molecule has 6 heteroatoms. The van der Waals surface area contributed by atoms with Crippen LogP contribution in [0.3, 0.4) is 0 Å². The van der Waals surface area contributed by atoms with E-state index in [0.29, 0.717) is 23.2 Å². The largest absolute Gasteiger partial charge is 0.493 e. The van der Waals surface area contributed by atoms with Gasteiger partial charge in [0.25, 0.3) is 0 Å². The van der Waals surface area contributed by atoms with Crippen LogP contribution in [0.5, 0.6) is 11.5 Å². The molecule has 0 atom stereocenters. The van der Waals surface area contributed by atoms with Crippen molar-refractivity contribution in [3.05, 3.63) is 49.5 Å². The zero-order valence-corrected chi connectivity index (χ0v) is 16.6. The van der Waals surface area contributed by atoms with Crippen LogP contribution in [0.1, 0.15) is 18.9 Å². The molecule has 0 aliphatic heterocycles. The Hall–Kier alpha value is -0.850. The van der Waals surface area contributed by atoms with Crippen molar-refractivity contribution in [2.24, 2.45) is 0 Å². The molecule has 3 nitrogen and oxygen atoms in total. The quantitative estimate of drug-likeness (QED) is 0.508. The van der Waals surface area contributed by atoms with Crippen molar-refractivity contribution in [2.75, 3.05) is 19.0 Å². The fraction of sp³-hybridized carbons (Fsp3) is 0.294. The number of rotatable bonds is 7. The summed E-state index contributed by atoms with van der Waals surface area (Å²) in [6.07, 6.45) is 0.958. The Morgan fingerprint density at radius 2 is 1.91 bits per heavy atom. The predicted octanol–water partition coefficient (Wildman–Crippen LogP) is 6.01. The molecule has 0 unspecified atom stereocenters. The smallest absolute Gasteiger partial charge is 0.174 e. The van der Waals surface area contributed by atoms with Gasteiger partial charge >= 0.3 is 0 Å². The maximum Gasteiger partial charge on any atom is 0.174 e. The zero-order chi connectivity index (χ0) is 16.8. The summed E-state index contributed by atoms with van der Waals surface area (Å²) in [5.74, 6) is 1.55. The number of nitrogens with one attached hydrogen (secondary N) is 1. The molecule has 0 aliphatic carbocycles. The zero-order valence-electron chi connectivity index (χ0n) is 13.0. The van der Waals surface area contributed by atoms with Crippen molar-refractivity contribution >= 4 is 51.5 Å². The van der Waals surface area contributed by atoms with Crippen molar-refractivity contribution in [3.8, 4) is 11.5 Å². The molecule has 0 saturated carbocycles. The van der Waals surface area contributed by atoms with E-state index in [-0.39, 0.29) is 0 Å². The van der Waals surface area contributed by atoms with Gasteiger partial charge in [-0.25, -0.2) is 0 Å². The number of anilines is 1. The van der Waals surface area contributed by atoms with Gasteiger partial charge in [-0.1, -0.05) is 30.1 Å². The number of benzene rings is 2. The summed E-state index contributed by atoms with van der Waals surface area (Å²) in [5, 5.41) is 4.41. The Kier molecular flexibility index (Phi) is 7.11. The lowest BCUT2D eigenvalue weighted by Crippen LogP contribution is -2.04. The monoisotopic (exact) mass is 465 g/mol. The van der Waals surface area contributed by atoms with Gasteiger partial charge in [-0.3, -0.25) is 0 Å². The van der Waals surface area contributed by atoms with Gasteiger partial charge in [0.1, 0.15) is 0 Å². The minimum absolute atomic E-state index is 0.534. The summed E-state index contributed by atoms with van der Waals surface area (Å²) in [4.78, 5) is 0. The Balaban J connectivity index is 2.13. The highest BCUT2D eigenvalue weighted by Gasteiger charge is 2.11. The van der Waals surface area contributed by atoms with Gasteiger partial charge in [-0.05, 0) is 64.9 Å². The second kappa shape index (κ2) is 8.85. The van der Waals surface area contributed by atoms with Crippen LogP contribution < -0.4 is 14.8 Å². The highest BCUT2D eigenvalue weighted by Crippen LogP contribution is 2.34. The van der Waals surface area contributed by atoms with Crippen molar-refractivity contribution in [3.63, 3.8) is 0 Å². The fourth-order valence-corrected chi connectivity index (χ4v) is 3.15. The number of methoxy groups -OCH3 is 1.